The second-order valence-electron chi connectivity index (χ2n) is 3.69. The van der Waals surface area contributed by atoms with Crippen molar-refractivity contribution in [3.05, 3.63) is 29.6 Å². The first-order valence-electron chi connectivity index (χ1n) is 5.63. The van der Waals surface area contributed by atoms with E-state index >= 15 is 0 Å². The molecule has 1 amide bonds. The minimum atomic E-state index is -0.193. The Kier molecular flexibility index (Phi) is 5.18. The van der Waals surface area contributed by atoms with Gasteiger partial charge in [-0.2, -0.15) is 0 Å². The summed E-state index contributed by atoms with van der Waals surface area (Å²) >= 11 is 0. The maximum atomic E-state index is 11.9. The number of nitrogens with zero attached hydrogens (tertiary/aromatic N) is 1. The van der Waals surface area contributed by atoms with Crippen LogP contribution in [0.3, 0.4) is 0 Å². The number of carbonyl (C=O) groups excluding carboxylic acids is 1. The van der Waals surface area contributed by atoms with E-state index in [0.29, 0.717) is 11.3 Å². The van der Waals surface area contributed by atoms with Gasteiger partial charge in [0.15, 0.2) is 0 Å². The number of hydrogen-bond acceptors (Lipinski definition) is 3. The van der Waals surface area contributed by atoms with Gasteiger partial charge in [0.25, 0.3) is 5.91 Å². The molecule has 0 spiro atoms. The molecule has 0 saturated carbocycles. The highest BCUT2D eigenvalue weighted by Crippen LogP contribution is 2.04. The third-order valence-corrected chi connectivity index (χ3v) is 2.34. The number of hydrogen-bond donors (Lipinski definition) is 2. The van der Waals surface area contributed by atoms with Crippen LogP contribution in [0.5, 0.6) is 0 Å². The van der Waals surface area contributed by atoms with Crippen LogP contribution >= 0.6 is 0 Å². The number of nitrogens with two attached hydrogens (primary N) is 1. The molecule has 1 aromatic heterocycles. The van der Waals surface area contributed by atoms with Crippen LogP contribution in [0, 0.1) is 11.8 Å². The van der Waals surface area contributed by atoms with Crippen molar-refractivity contribution in [1.29, 1.82) is 0 Å². The molecule has 0 aromatic carbocycles. The topological polar surface area (TPSA) is 68.0 Å². The molecular formula is C13H17N3O. The quantitative estimate of drug-likeness (QED) is 0.760. The minimum Gasteiger partial charge on any atom is -0.348 e. The first kappa shape index (κ1) is 13.2. The SMILES string of the molecule is CCC(C)NC(=O)c1ncccc1C#CCN. The lowest BCUT2D eigenvalue weighted by atomic mass is 10.1. The van der Waals surface area contributed by atoms with E-state index in [0.717, 1.165) is 6.42 Å². The molecule has 17 heavy (non-hydrogen) atoms. The lowest BCUT2D eigenvalue weighted by Gasteiger charge is -2.11. The molecule has 4 nitrogen and oxygen atoms in total. The van der Waals surface area contributed by atoms with Gasteiger partial charge in [-0.25, -0.2) is 4.98 Å². The fourth-order valence-corrected chi connectivity index (χ4v) is 1.23. The number of aromatic nitrogens is 1. The van der Waals surface area contributed by atoms with E-state index in [1.165, 1.54) is 0 Å². The molecule has 1 rings (SSSR count). The molecule has 0 aliphatic heterocycles. The molecule has 0 saturated heterocycles. The van der Waals surface area contributed by atoms with Gasteiger partial charge in [-0.1, -0.05) is 18.8 Å². The first-order chi connectivity index (χ1) is 8.19. The van der Waals surface area contributed by atoms with Crippen LogP contribution in [-0.4, -0.2) is 23.5 Å². The van der Waals surface area contributed by atoms with Crippen LogP contribution in [0.15, 0.2) is 18.3 Å². The van der Waals surface area contributed by atoms with Gasteiger partial charge >= 0.3 is 0 Å². The fraction of sp³-hybridized carbons (Fsp3) is 0.385. The van der Waals surface area contributed by atoms with Gasteiger partial charge in [0.2, 0.25) is 0 Å². The monoisotopic (exact) mass is 231 g/mol. The second-order valence-corrected chi connectivity index (χ2v) is 3.69. The van der Waals surface area contributed by atoms with Gasteiger partial charge in [-0.3, -0.25) is 4.79 Å². The largest absolute Gasteiger partial charge is 0.348 e. The van der Waals surface area contributed by atoms with Crippen molar-refractivity contribution in [2.45, 2.75) is 26.3 Å². The summed E-state index contributed by atoms with van der Waals surface area (Å²) in [6, 6.07) is 3.64. The Morgan fingerprint density at radius 1 is 1.65 bits per heavy atom. The molecular weight excluding hydrogens is 214 g/mol. The summed E-state index contributed by atoms with van der Waals surface area (Å²) in [5.74, 6) is 5.38. The van der Waals surface area contributed by atoms with Crippen molar-refractivity contribution < 1.29 is 4.79 Å². The molecule has 4 heteroatoms. The second kappa shape index (κ2) is 6.66. The molecule has 0 radical (unpaired) electrons. The molecule has 1 atom stereocenters. The maximum Gasteiger partial charge on any atom is 0.271 e. The van der Waals surface area contributed by atoms with Crippen LogP contribution in [0.2, 0.25) is 0 Å². The van der Waals surface area contributed by atoms with E-state index < -0.39 is 0 Å². The van der Waals surface area contributed by atoms with Crippen molar-refractivity contribution in [2.75, 3.05) is 6.54 Å². The Bertz CT molecular complexity index is 445. The molecule has 0 bridgehead atoms. The van der Waals surface area contributed by atoms with Gasteiger partial charge in [-0.15, -0.1) is 0 Å². The molecule has 3 N–H and O–H groups in total. The van der Waals surface area contributed by atoms with Crippen LogP contribution in [0.4, 0.5) is 0 Å². The average molecular weight is 231 g/mol. The summed E-state index contributed by atoms with van der Waals surface area (Å²) in [5, 5.41) is 2.86. The zero-order valence-corrected chi connectivity index (χ0v) is 10.2. The lowest BCUT2D eigenvalue weighted by Crippen LogP contribution is -2.33. The molecule has 1 heterocycles. The maximum absolute atomic E-state index is 11.9. The summed E-state index contributed by atoms with van der Waals surface area (Å²) in [4.78, 5) is 16.0. The van der Waals surface area contributed by atoms with Gasteiger partial charge in [-0.05, 0) is 25.5 Å². The summed E-state index contributed by atoms with van der Waals surface area (Å²) in [6.07, 6.45) is 2.46. The van der Waals surface area contributed by atoms with Crippen LogP contribution in [-0.2, 0) is 0 Å². The number of carbonyl (C=O) groups is 1. The van der Waals surface area contributed by atoms with Crippen LogP contribution in [0.25, 0.3) is 0 Å². The Labute approximate surface area is 102 Å². The molecule has 1 aromatic rings. The van der Waals surface area contributed by atoms with Crippen molar-refractivity contribution in [1.82, 2.24) is 10.3 Å². The molecule has 1 unspecified atom stereocenters. The zero-order chi connectivity index (χ0) is 12.7. The summed E-state index contributed by atoms with van der Waals surface area (Å²) < 4.78 is 0. The standard InChI is InChI=1S/C13H17N3O/c1-3-10(2)16-13(17)12-11(6-4-8-14)7-5-9-15-12/h5,7,9-10H,3,8,14H2,1-2H3,(H,16,17). The smallest absolute Gasteiger partial charge is 0.271 e. The van der Waals surface area contributed by atoms with Gasteiger partial charge in [0, 0.05) is 12.2 Å². The molecule has 90 valence electrons. The highest BCUT2D eigenvalue weighted by Gasteiger charge is 2.12. The third-order valence-electron chi connectivity index (χ3n) is 2.34. The number of nitrogens with one attached hydrogen (secondary N) is 1. The van der Waals surface area contributed by atoms with E-state index in [-0.39, 0.29) is 18.5 Å². The molecule has 0 fully saturated rings. The predicted molar refractivity (Wildman–Crippen MR) is 67.4 cm³/mol. The normalized spacial score (nSPS) is 11.2. The molecule has 0 aliphatic rings. The number of amides is 1. The number of pyridine rings is 1. The van der Waals surface area contributed by atoms with E-state index in [1.807, 2.05) is 13.8 Å². The van der Waals surface area contributed by atoms with E-state index in [9.17, 15) is 4.79 Å². The van der Waals surface area contributed by atoms with Gasteiger partial charge < -0.3 is 11.1 Å². The Morgan fingerprint density at radius 2 is 2.41 bits per heavy atom. The Balaban J connectivity index is 2.93. The minimum absolute atomic E-state index is 0.125. The highest BCUT2D eigenvalue weighted by atomic mass is 16.1. The summed E-state index contributed by atoms with van der Waals surface area (Å²) in [6.45, 7) is 4.23. The first-order valence-corrected chi connectivity index (χ1v) is 5.63. The lowest BCUT2D eigenvalue weighted by molar-refractivity contribution is 0.0934. The summed E-state index contributed by atoms with van der Waals surface area (Å²) in [7, 11) is 0. The van der Waals surface area contributed by atoms with Gasteiger partial charge in [0.05, 0.1) is 12.1 Å². The van der Waals surface area contributed by atoms with Crippen LogP contribution < -0.4 is 11.1 Å². The van der Waals surface area contributed by atoms with Crippen LogP contribution in [0.1, 0.15) is 36.3 Å². The predicted octanol–water partition coefficient (Wildman–Crippen LogP) is 0.920. The van der Waals surface area contributed by atoms with E-state index in [4.69, 9.17) is 5.73 Å². The highest BCUT2D eigenvalue weighted by molar-refractivity contribution is 5.94. The van der Waals surface area contributed by atoms with Crippen molar-refractivity contribution in [3.8, 4) is 11.8 Å². The Morgan fingerprint density at radius 3 is 3.06 bits per heavy atom. The van der Waals surface area contributed by atoms with Crippen molar-refractivity contribution in [3.63, 3.8) is 0 Å². The zero-order valence-electron chi connectivity index (χ0n) is 10.2. The van der Waals surface area contributed by atoms with E-state index in [1.54, 1.807) is 18.3 Å². The average Bonchev–Trinajstić information content (AvgIpc) is 2.36. The van der Waals surface area contributed by atoms with Crippen molar-refractivity contribution in [2.24, 2.45) is 5.73 Å². The fourth-order valence-electron chi connectivity index (χ4n) is 1.23. The third kappa shape index (κ3) is 3.89. The van der Waals surface area contributed by atoms with E-state index in [2.05, 4.69) is 22.1 Å². The van der Waals surface area contributed by atoms with Crippen molar-refractivity contribution >= 4 is 5.91 Å². The number of rotatable bonds is 3. The van der Waals surface area contributed by atoms with Gasteiger partial charge in [0.1, 0.15) is 5.69 Å². The summed E-state index contributed by atoms with van der Waals surface area (Å²) in [5.41, 5.74) is 6.28. The molecule has 0 aliphatic carbocycles. The Hall–Kier alpha value is -1.86.